The summed E-state index contributed by atoms with van der Waals surface area (Å²) in [5.74, 6) is -0.182. The van der Waals surface area contributed by atoms with Gasteiger partial charge in [0.25, 0.3) is 10.0 Å². The van der Waals surface area contributed by atoms with Crippen molar-refractivity contribution in [2.24, 2.45) is 0 Å². The minimum Gasteiger partial charge on any atom is -0.494 e. The van der Waals surface area contributed by atoms with Crippen LogP contribution in [0.4, 0.5) is 5.69 Å². The maximum atomic E-state index is 14.3. The number of hydrogen-bond donors (Lipinski definition) is 1. The number of benzene rings is 3. The summed E-state index contributed by atoms with van der Waals surface area (Å²) in [7, 11) is -4.18. The van der Waals surface area contributed by atoms with Crippen LogP contribution in [0.3, 0.4) is 0 Å². The fraction of sp³-hybridized carbons (Fsp3) is 0.394. The fourth-order valence-electron chi connectivity index (χ4n) is 5.38. The van der Waals surface area contributed by atoms with Gasteiger partial charge in [0.2, 0.25) is 11.8 Å². The van der Waals surface area contributed by atoms with Crippen LogP contribution in [0.2, 0.25) is 5.02 Å². The molecule has 3 aromatic carbocycles. The predicted octanol–water partition coefficient (Wildman–Crippen LogP) is 6.52. The van der Waals surface area contributed by atoms with Crippen LogP contribution in [0.1, 0.15) is 51.5 Å². The number of rotatable bonds is 14. The summed E-state index contributed by atoms with van der Waals surface area (Å²) in [6, 6.07) is 19.5. The van der Waals surface area contributed by atoms with E-state index in [2.05, 4.69) is 5.32 Å². The van der Waals surface area contributed by atoms with Gasteiger partial charge in [0, 0.05) is 22.5 Å². The van der Waals surface area contributed by atoms with Gasteiger partial charge in [-0.2, -0.15) is 0 Å². The number of halogens is 1. The number of sulfonamides is 1. The summed E-state index contributed by atoms with van der Waals surface area (Å²) in [6.45, 7) is 3.70. The highest BCUT2D eigenvalue weighted by atomic mass is 35.5. The summed E-state index contributed by atoms with van der Waals surface area (Å²) in [6.07, 6.45) is 6.17. The van der Waals surface area contributed by atoms with Crippen molar-refractivity contribution >= 4 is 50.9 Å². The van der Waals surface area contributed by atoms with Crippen molar-refractivity contribution < 1.29 is 22.7 Å². The zero-order valence-corrected chi connectivity index (χ0v) is 27.8. The van der Waals surface area contributed by atoms with E-state index in [0.29, 0.717) is 35.1 Å². The first-order valence-corrected chi connectivity index (χ1v) is 17.9. The average Bonchev–Trinajstić information content (AvgIpc) is 3.54. The Hall–Kier alpha value is -3.21. The van der Waals surface area contributed by atoms with Crippen molar-refractivity contribution in [2.75, 3.05) is 23.7 Å². The highest BCUT2D eigenvalue weighted by Gasteiger charge is 2.35. The molecule has 0 aliphatic heterocycles. The smallest absolute Gasteiger partial charge is 0.264 e. The second-order valence-corrected chi connectivity index (χ2v) is 13.8. The van der Waals surface area contributed by atoms with Gasteiger partial charge in [0.05, 0.1) is 17.2 Å². The SMILES string of the molecule is CCOc1ccc(N(CC(=O)N(Cc2ccccc2Cl)C(CC)C(=O)NC2CCCC2)S(=O)(=O)c2ccc(SC)cc2)cc1. The standard InChI is InChI=1S/C33H40ClN3O5S2/c1-4-31(33(39)35-25-11-7-8-12-25)36(22-24-10-6-9-13-30(24)34)32(38)23-37(26-14-16-27(17-15-26)42-5-2)44(40,41)29-20-18-28(43-3)19-21-29/h6,9-10,13-21,25,31H,4-5,7-8,11-12,22-23H2,1-3H3,(H,35,39). The van der Waals surface area contributed by atoms with Crippen molar-refractivity contribution in [1.29, 1.82) is 0 Å². The van der Waals surface area contributed by atoms with Crippen LogP contribution >= 0.6 is 23.4 Å². The molecule has 1 fully saturated rings. The van der Waals surface area contributed by atoms with Gasteiger partial charge in [-0.1, -0.05) is 49.6 Å². The molecular formula is C33H40ClN3O5S2. The number of nitrogens with one attached hydrogen (secondary N) is 1. The lowest BCUT2D eigenvalue weighted by Crippen LogP contribution is -2.53. The topological polar surface area (TPSA) is 96.0 Å². The van der Waals surface area contributed by atoms with Crippen LogP contribution in [0.5, 0.6) is 5.75 Å². The second kappa shape index (κ2) is 15.7. The van der Waals surface area contributed by atoms with Gasteiger partial charge in [-0.05, 0) is 92.6 Å². The number of hydrogen-bond acceptors (Lipinski definition) is 6. The number of amides is 2. The first-order chi connectivity index (χ1) is 21.2. The first-order valence-electron chi connectivity index (χ1n) is 14.9. The molecule has 44 heavy (non-hydrogen) atoms. The molecule has 0 heterocycles. The molecule has 0 aromatic heterocycles. The van der Waals surface area contributed by atoms with Crippen molar-refractivity contribution in [3.8, 4) is 5.75 Å². The van der Waals surface area contributed by atoms with Crippen molar-refractivity contribution in [2.45, 2.75) is 74.4 Å². The molecule has 1 aliphatic carbocycles. The number of carbonyl (C=O) groups excluding carboxylic acids is 2. The molecule has 1 atom stereocenters. The number of anilines is 1. The molecule has 1 saturated carbocycles. The molecule has 0 saturated heterocycles. The van der Waals surface area contributed by atoms with Gasteiger partial charge in [-0.3, -0.25) is 13.9 Å². The third kappa shape index (κ3) is 8.28. The number of nitrogens with zero attached hydrogens (tertiary/aromatic N) is 2. The molecule has 1 N–H and O–H groups in total. The Balaban J connectivity index is 1.72. The van der Waals surface area contributed by atoms with Crippen molar-refractivity contribution in [3.63, 3.8) is 0 Å². The Morgan fingerprint density at radius 1 is 1.00 bits per heavy atom. The third-order valence-electron chi connectivity index (χ3n) is 7.75. The Morgan fingerprint density at radius 2 is 1.66 bits per heavy atom. The quantitative estimate of drug-likeness (QED) is 0.198. The molecule has 0 bridgehead atoms. The normalized spacial score (nSPS) is 14.2. The van der Waals surface area contributed by atoms with Gasteiger partial charge in [0.1, 0.15) is 18.3 Å². The Morgan fingerprint density at radius 3 is 2.25 bits per heavy atom. The molecule has 11 heteroatoms. The van der Waals surface area contributed by atoms with Crippen molar-refractivity contribution in [3.05, 3.63) is 83.4 Å². The zero-order valence-electron chi connectivity index (χ0n) is 25.4. The average molecular weight is 658 g/mol. The molecular weight excluding hydrogens is 618 g/mol. The van der Waals surface area contributed by atoms with E-state index < -0.39 is 28.5 Å². The lowest BCUT2D eigenvalue weighted by atomic mass is 10.1. The van der Waals surface area contributed by atoms with Crippen LogP contribution in [0, 0.1) is 0 Å². The van der Waals surface area contributed by atoms with E-state index in [1.165, 1.54) is 16.7 Å². The number of ether oxygens (including phenoxy) is 1. The molecule has 4 rings (SSSR count). The zero-order chi connectivity index (χ0) is 31.7. The predicted molar refractivity (Wildman–Crippen MR) is 177 cm³/mol. The maximum absolute atomic E-state index is 14.3. The van der Waals surface area contributed by atoms with Crippen molar-refractivity contribution in [1.82, 2.24) is 10.2 Å². The first kappa shape index (κ1) is 33.7. The second-order valence-electron chi connectivity index (χ2n) is 10.6. The maximum Gasteiger partial charge on any atom is 0.264 e. The summed E-state index contributed by atoms with van der Waals surface area (Å²) in [4.78, 5) is 30.3. The van der Waals surface area contributed by atoms with Crippen LogP contribution in [0.25, 0.3) is 0 Å². The van der Waals surface area contributed by atoms with Gasteiger partial charge in [-0.15, -0.1) is 11.8 Å². The van der Waals surface area contributed by atoms with Crippen LogP contribution in [-0.4, -0.2) is 56.6 Å². The summed E-state index contributed by atoms with van der Waals surface area (Å²) < 4.78 is 34.9. The molecule has 2 amide bonds. The number of carbonyl (C=O) groups is 2. The van der Waals surface area contributed by atoms with Gasteiger partial charge < -0.3 is 15.0 Å². The Labute approximate surface area is 270 Å². The van der Waals surface area contributed by atoms with Crippen LogP contribution in [-0.2, 0) is 26.2 Å². The molecule has 0 radical (unpaired) electrons. The highest BCUT2D eigenvalue weighted by molar-refractivity contribution is 7.98. The van der Waals surface area contributed by atoms with E-state index >= 15 is 0 Å². The molecule has 236 valence electrons. The van der Waals surface area contributed by atoms with Crippen LogP contribution < -0.4 is 14.4 Å². The van der Waals surface area contributed by atoms with E-state index in [1.807, 2.05) is 26.2 Å². The summed E-state index contributed by atoms with van der Waals surface area (Å²) in [5.41, 5.74) is 0.967. The number of thioether (sulfide) groups is 1. The third-order valence-corrected chi connectivity index (χ3v) is 10.6. The Kier molecular flexibility index (Phi) is 12.0. The molecule has 3 aromatic rings. The van der Waals surface area contributed by atoms with Gasteiger partial charge in [0.15, 0.2) is 0 Å². The van der Waals surface area contributed by atoms with Gasteiger partial charge in [-0.25, -0.2) is 8.42 Å². The minimum atomic E-state index is -4.18. The van der Waals surface area contributed by atoms with E-state index in [0.717, 1.165) is 34.9 Å². The fourth-order valence-corrected chi connectivity index (χ4v) is 7.39. The minimum absolute atomic E-state index is 0.0503. The highest BCUT2D eigenvalue weighted by Crippen LogP contribution is 2.29. The van der Waals surface area contributed by atoms with E-state index in [9.17, 15) is 18.0 Å². The van der Waals surface area contributed by atoms with Crippen LogP contribution in [0.15, 0.2) is 82.6 Å². The molecule has 1 unspecified atom stereocenters. The summed E-state index contributed by atoms with van der Waals surface area (Å²) in [5, 5.41) is 3.58. The molecule has 8 nitrogen and oxygen atoms in total. The summed E-state index contributed by atoms with van der Waals surface area (Å²) >= 11 is 8.00. The van der Waals surface area contributed by atoms with E-state index in [-0.39, 0.29) is 23.4 Å². The lowest BCUT2D eigenvalue weighted by molar-refractivity contribution is -0.140. The lowest BCUT2D eigenvalue weighted by Gasteiger charge is -2.34. The largest absolute Gasteiger partial charge is 0.494 e. The van der Waals surface area contributed by atoms with E-state index in [4.69, 9.17) is 16.3 Å². The molecule has 0 spiro atoms. The van der Waals surface area contributed by atoms with E-state index in [1.54, 1.807) is 66.7 Å². The monoisotopic (exact) mass is 657 g/mol. The Bertz CT molecular complexity index is 1510. The van der Waals surface area contributed by atoms with Gasteiger partial charge >= 0.3 is 0 Å². The molecule has 1 aliphatic rings.